The van der Waals surface area contributed by atoms with Gasteiger partial charge in [0.15, 0.2) is 0 Å². The van der Waals surface area contributed by atoms with Crippen molar-refractivity contribution in [2.75, 3.05) is 7.05 Å². The van der Waals surface area contributed by atoms with Crippen LogP contribution in [0.1, 0.15) is 25.5 Å². The van der Waals surface area contributed by atoms with Crippen LogP contribution < -0.4 is 16.6 Å². The minimum atomic E-state index is -4.73. The number of hydrogen-bond donors (Lipinski definition) is 2. The predicted octanol–water partition coefficient (Wildman–Crippen LogP) is 1.81. The van der Waals surface area contributed by atoms with E-state index in [9.17, 15) is 22.8 Å². The normalized spacial score (nSPS) is 13.4. The predicted molar refractivity (Wildman–Crippen MR) is 106 cm³/mol. The molecule has 0 fully saturated rings. The molecule has 0 atom stereocenters. The number of amidine groups is 1. The van der Waals surface area contributed by atoms with Crippen LogP contribution in [-0.4, -0.2) is 34.7 Å². The fourth-order valence-electron chi connectivity index (χ4n) is 2.55. The first-order valence-corrected chi connectivity index (χ1v) is 9.38. The molecule has 0 aliphatic heterocycles. The minimum Gasteiger partial charge on any atom is -0.394 e. The lowest BCUT2D eigenvalue weighted by Crippen LogP contribution is -2.83. The van der Waals surface area contributed by atoms with Crippen molar-refractivity contribution in [3.8, 4) is 0 Å². The van der Waals surface area contributed by atoms with Crippen LogP contribution in [0.2, 0.25) is 0 Å². The SMILES string of the molecule is C[NH2+]C(/C=C(\N)C(F)(F)F)=NC(=O)Cn1nc(C(C)C)c2cc(Br)ccc2c1=O. The molecule has 11 heteroatoms. The maximum absolute atomic E-state index is 12.7. The number of amides is 1. The number of nitrogens with zero attached hydrogens (tertiary/aromatic N) is 3. The van der Waals surface area contributed by atoms with Gasteiger partial charge in [0, 0.05) is 15.9 Å². The number of benzene rings is 1. The van der Waals surface area contributed by atoms with Crippen molar-refractivity contribution in [3.05, 3.63) is 50.5 Å². The summed E-state index contributed by atoms with van der Waals surface area (Å²) in [6.45, 7) is 3.28. The number of quaternary nitrogens is 1. The Morgan fingerprint density at radius 3 is 2.59 bits per heavy atom. The molecule has 4 N–H and O–H groups in total. The van der Waals surface area contributed by atoms with Crippen molar-refractivity contribution in [3.63, 3.8) is 0 Å². The molecule has 0 bridgehead atoms. The Kier molecular flexibility index (Phi) is 6.96. The number of rotatable bonds is 4. The molecule has 0 radical (unpaired) electrons. The average Bonchev–Trinajstić information content (AvgIpc) is 2.62. The molecule has 2 rings (SSSR count). The summed E-state index contributed by atoms with van der Waals surface area (Å²) < 4.78 is 39.5. The van der Waals surface area contributed by atoms with Crippen LogP contribution in [0.5, 0.6) is 0 Å². The van der Waals surface area contributed by atoms with Crippen LogP contribution in [0.15, 0.2) is 44.2 Å². The van der Waals surface area contributed by atoms with E-state index in [1.54, 1.807) is 18.2 Å². The fourth-order valence-corrected chi connectivity index (χ4v) is 2.91. The van der Waals surface area contributed by atoms with E-state index in [0.29, 0.717) is 22.5 Å². The second-order valence-electron chi connectivity index (χ2n) is 6.51. The molecule has 7 nitrogen and oxygen atoms in total. The van der Waals surface area contributed by atoms with E-state index in [4.69, 9.17) is 5.73 Å². The Labute approximate surface area is 172 Å². The molecule has 1 aromatic carbocycles. The highest BCUT2D eigenvalue weighted by molar-refractivity contribution is 9.10. The van der Waals surface area contributed by atoms with Crippen LogP contribution in [0.4, 0.5) is 13.2 Å². The largest absolute Gasteiger partial charge is 0.431 e. The quantitative estimate of drug-likeness (QED) is 0.520. The Bertz CT molecular complexity index is 1060. The number of aromatic nitrogens is 2. The van der Waals surface area contributed by atoms with Crippen molar-refractivity contribution in [2.45, 2.75) is 32.5 Å². The summed E-state index contributed by atoms with van der Waals surface area (Å²) in [5, 5.41) is 6.53. The van der Waals surface area contributed by atoms with Crippen LogP contribution in [-0.2, 0) is 11.3 Å². The molecule has 1 heterocycles. The fraction of sp³-hybridized carbons (Fsp3) is 0.333. The van der Waals surface area contributed by atoms with Gasteiger partial charge in [0.25, 0.3) is 11.5 Å². The molecule has 0 unspecified atom stereocenters. The number of halogens is 4. The second kappa shape index (κ2) is 8.87. The molecule has 29 heavy (non-hydrogen) atoms. The van der Waals surface area contributed by atoms with Gasteiger partial charge in [0.2, 0.25) is 5.84 Å². The smallest absolute Gasteiger partial charge is 0.394 e. The molecular formula is C18H20BrF3N5O2+. The van der Waals surface area contributed by atoms with Crippen LogP contribution in [0.3, 0.4) is 0 Å². The summed E-state index contributed by atoms with van der Waals surface area (Å²) in [6, 6.07) is 5.10. The number of likely N-dealkylation sites (N-methyl/N-ethyl adjacent to an activating group) is 1. The first-order chi connectivity index (χ1) is 13.4. The van der Waals surface area contributed by atoms with E-state index < -0.39 is 29.9 Å². The van der Waals surface area contributed by atoms with Gasteiger partial charge in [-0.3, -0.25) is 14.9 Å². The van der Waals surface area contributed by atoms with Crippen LogP contribution in [0.25, 0.3) is 10.8 Å². The van der Waals surface area contributed by atoms with Gasteiger partial charge < -0.3 is 5.73 Å². The Morgan fingerprint density at radius 2 is 2.03 bits per heavy atom. The van der Waals surface area contributed by atoms with Crippen molar-refractivity contribution in [1.29, 1.82) is 0 Å². The number of aliphatic imine (C=N–C) groups is 1. The first kappa shape index (κ1) is 22.8. The molecule has 0 spiro atoms. The summed E-state index contributed by atoms with van der Waals surface area (Å²) in [7, 11) is 1.42. The van der Waals surface area contributed by atoms with Gasteiger partial charge in [-0.25, -0.2) is 4.68 Å². The summed E-state index contributed by atoms with van der Waals surface area (Å²) in [5.74, 6) is -1.12. The van der Waals surface area contributed by atoms with Crippen molar-refractivity contribution in [1.82, 2.24) is 9.78 Å². The highest BCUT2D eigenvalue weighted by Crippen LogP contribution is 2.24. The summed E-state index contributed by atoms with van der Waals surface area (Å²) >= 11 is 3.36. The molecule has 0 saturated heterocycles. The van der Waals surface area contributed by atoms with Gasteiger partial charge in [0.1, 0.15) is 12.2 Å². The lowest BCUT2D eigenvalue weighted by molar-refractivity contribution is -0.504. The lowest BCUT2D eigenvalue weighted by atomic mass is 10.0. The Balaban J connectivity index is 2.46. The zero-order chi connectivity index (χ0) is 21.9. The zero-order valence-electron chi connectivity index (χ0n) is 15.9. The van der Waals surface area contributed by atoms with E-state index >= 15 is 0 Å². The van der Waals surface area contributed by atoms with Crippen LogP contribution in [0, 0.1) is 0 Å². The average molecular weight is 475 g/mol. The van der Waals surface area contributed by atoms with Crippen LogP contribution >= 0.6 is 15.9 Å². The lowest BCUT2D eigenvalue weighted by Gasteiger charge is -2.12. The highest BCUT2D eigenvalue weighted by Gasteiger charge is 2.32. The molecule has 0 saturated carbocycles. The summed E-state index contributed by atoms with van der Waals surface area (Å²) in [5.41, 5.74) is 3.70. The highest BCUT2D eigenvalue weighted by atomic mass is 79.9. The third-order valence-corrected chi connectivity index (χ3v) is 4.46. The Morgan fingerprint density at radius 1 is 1.38 bits per heavy atom. The van der Waals surface area contributed by atoms with Crippen molar-refractivity contribution < 1.29 is 23.3 Å². The molecule has 0 aliphatic rings. The molecule has 1 aromatic heterocycles. The molecule has 2 aromatic rings. The third-order valence-electron chi connectivity index (χ3n) is 3.96. The van der Waals surface area contributed by atoms with Gasteiger partial charge in [0.05, 0.1) is 18.1 Å². The number of nitrogens with two attached hydrogens (primary N) is 2. The maximum Gasteiger partial charge on any atom is 0.431 e. The second-order valence-corrected chi connectivity index (χ2v) is 7.42. The summed E-state index contributed by atoms with van der Waals surface area (Å²) in [6.07, 6.45) is -4.17. The molecule has 156 valence electrons. The number of alkyl halides is 3. The van der Waals surface area contributed by atoms with Gasteiger partial charge in [-0.1, -0.05) is 29.8 Å². The number of hydrogen-bond acceptors (Lipinski definition) is 4. The van der Waals surface area contributed by atoms with E-state index in [-0.39, 0.29) is 11.8 Å². The van der Waals surface area contributed by atoms with Gasteiger partial charge in [-0.05, 0) is 24.1 Å². The third kappa shape index (κ3) is 5.51. The van der Waals surface area contributed by atoms with E-state index in [2.05, 4.69) is 26.0 Å². The standard InChI is InChI=1S/C18H19BrF3N5O2/c1-9(2)16-12-6-10(19)4-5-11(12)17(29)27(26-16)8-15(28)25-14(24-3)7-13(23)18(20,21)22/h4-7,9H,8,23H2,1-3H3,(H,24,25,28)/p+1/b13-7-. The number of allylic oxidation sites excluding steroid dienone is 1. The van der Waals surface area contributed by atoms with Gasteiger partial charge in [-0.2, -0.15) is 23.3 Å². The Hall–Kier alpha value is -2.53. The molecule has 1 amide bonds. The number of carbonyl (C=O) groups is 1. The zero-order valence-corrected chi connectivity index (χ0v) is 17.5. The van der Waals surface area contributed by atoms with Crippen molar-refractivity contribution >= 4 is 38.4 Å². The first-order valence-electron chi connectivity index (χ1n) is 8.59. The van der Waals surface area contributed by atoms with Gasteiger partial charge >= 0.3 is 6.18 Å². The molecular weight excluding hydrogens is 455 g/mol. The number of fused-ring (bicyclic) bond motifs is 1. The van der Waals surface area contributed by atoms with Gasteiger partial charge in [-0.15, -0.1) is 0 Å². The molecule has 0 aliphatic carbocycles. The maximum atomic E-state index is 12.7. The van der Waals surface area contributed by atoms with E-state index in [0.717, 1.165) is 9.15 Å². The van der Waals surface area contributed by atoms with E-state index in [1.165, 1.54) is 12.4 Å². The number of carbonyl (C=O) groups excluding carboxylic acids is 1. The minimum absolute atomic E-state index is 0.0358. The van der Waals surface area contributed by atoms with E-state index in [1.807, 2.05) is 13.8 Å². The monoisotopic (exact) mass is 474 g/mol. The topological polar surface area (TPSA) is 107 Å². The van der Waals surface area contributed by atoms with Crippen molar-refractivity contribution in [2.24, 2.45) is 10.7 Å². The summed E-state index contributed by atoms with van der Waals surface area (Å²) in [4.78, 5) is 28.6.